The summed E-state index contributed by atoms with van der Waals surface area (Å²) < 4.78 is 0. The molecule has 1 aromatic heterocycles. The molecule has 1 fully saturated rings. The van der Waals surface area contributed by atoms with Gasteiger partial charge in [-0.1, -0.05) is 18.2 Å². The van der Waals surface area contributed by atoms with Crippen molar-refractivity contribution in [2.24, 2.45) is 0 Å². The van der Waals surface area contributed by atoms with Crippen molar-refractivity contribution in [3.63, 3.8) is 0 Å². The molecule has 0 aliphatic carbocycles. The predicted molar refractivity (Wildman–Crippen MR) is 104 cm³/mol. The van der Waals surface area contributed by atoms with Gasteiger partial charge in [-0.2, -0.15) is 0 Å². The van der Waals surface area contributed by atoms with Crippen molar-refractivity contribution in [1.82, 2.24) is 9.88 Å². The Morgan fingerprint density at radius 1 is 1.04 bits per heavy atom. The number of benzene rings is 2. The smallest absolute Gasteiger partial charge is 0.269 e. The van der Waals surface area contributed by atoms with Gasteiger partial charge in [-0.15, -0.1) is 0 Å². The number of carbonyl (C=O) groups excluding carboxylic acids is 1. The molecule has 27 heavy (non-hydrogen) atoms. The van der Waals surface area contributed by atoms with Crippen molar-refractivity contribution < 1.29 is 9.72 Å². The van der Waals surface area contributed by atoms with Crippen LogP contribution < -0.4 is 4.90 Å². The molecule has 7 nitrogen and oxygen atoms in total. The van der Waals surface area contributed by atoms with Crippen LogP contribution in [-0.2, 0) is 11.2 Å². The Morgan fingerprint density at radius 2 is 1.74 bits per heavy atom. The number of hydrogen-bond donors (Lipinski definition) is 1. The van der Waals surface area contributed by atoms with E-state index in [0.29, 0.717) is 19.5 Å². The quantitative estimate of drug-likeness (QED) is 0.570. The summed E-state index contributed by atoms with van der Waals surface area (Å²) in [5.41, 5.74) is 3.10. The van der Waals surface area contributed by atoms with E-state index in [1.807, 2.05) is 35.4 Å². The van der Waals surface area contributed by atoms with Crippen LogP contribution in [0.3, 0.4) is 0 Å². The van der Waals surface area contributed by atoms with Crippen molar-refractivity contribution in [1.29, 1.82) is 0 Å². The number of H-pyrrole nitrogens is 1. The second-order valence-corrected chi connectivity index (χ2v) is 6.68. The van der Waals surface area contributed by atoms with E-state index < -0.39 is 4.92 Å². The van der Waals surface area contributed by atoms with Gasteiger partial charge in [0.1, 0.15) is 0 Å². The highest BCUT2D eigenvalue weighted by Crippen LogP contribution is 2.22. The lowest BCUT2D eigenvalue weighted by Crippen LogP contribution is -2.49. The zero-order valence-corrected chi connectivity index (χ0v) is 14.8. The number of hydrogen-bond acceptors (Lipinski definition) is 4. The lowest BCUT2D eigenvalue weighted by atomic mass is 10.1. The minimum atomic E-state index is -0.398. The van der Waals surface area contributed by atoms with Gasteiger partial charge in [-0.25, -0.2) is 0 Å². The fraction of sp³-hybridized carbons (Fsp3) is 0.250. The first kappa shape index (κ1) is 17.1. The largest absolute Gasteiger partial charge is 0.368 e. The maximum Gasteiger partial charge on any atom is 0.269 e. The Labute approximate surface area is 156 Å². The van der Waals surface area contributed by atoms with Gasteiger partial charge in [-0.3, -0.25) is 14.9 Å². The number of anilines is 1. The summed E-state index contributed by atoms with van der Waals surface area (Å²) in [4.78, 5) is 30.3. The molecule has 1 amide bonds. The molecule has 7 heteroatoms. The number of nitrogens with zero attached hydrogens (tertiary/aromatic N) is 3. The first-order valence-corrected chi connectivity index (χ1v) is 8.94. The van der Waals surface area contributed by atoms with Crippen LogP contribution in [0, 0.1) is 10.1 Å². The van der Waals surface area contributed by atoms with E-state index >= 15 is 0 Å². The molecule has 0 radical (unpaired) electrons. The summed E-state index contributed by atoms with van der Waals surface area (Å²) >= 11 is 0. The standard InChI is InChI=1S/C20H20N4O3/c25-20(13-15-14-21-19-4-2-1-3-18(15)19)23-11-9-22(10-12-23)16-5-7-17(8-6-16)24(26)27/h1-8,14,21H,9-13H2. The fourth-order valence-corrected chi connectivity index (χ4v) is 3.55. The van der Waals surface area contributed by atoms with Crippen LogP contribution in [0.25, 0.3) is 10.9 Å². The van der Waals surface area contributed by atoms with Gasteiger partial charge < -0.3 is 14.8 Å². The second-order valence-electron chi connectivity index (χ2n) is 6.68. The molecule has 4 rings (SSSR count). The average Bonchev–Trinajstić information content (AvgIpc) is 3.11. The number of aromatic amines is 1. The van der Waals surface area contributed by atoms with E-state index in [4.69, 9.17) is 0 Å². The molecule has 0 atom stereocenters. The molecule has 0 saturated carbocycles. The lowest BCUT2D eigenvalue weighted by molar-refractivity contribution is -0.384. The number of nitrogens with one attached hydrogen (secondary N) is 1. The van der Waals surface area contributed by atoms with Crippen LogP contribution in [0.5, 0.6) is 0 Å². The number of rotatable bonds is 4. The van der Waals surface area contributed by atoms with E-state index in [9.17, 15) is 14.9 Å². The van der Waals surface area contributed by atoms with Gasteiger partial charge in [0, 0.05) is 61.1 Å². The van der Waals surface area contributed by atoms with Gasteiger partial charge in [0.25, 0.3) is 5.69 Å². The van der Waals surface area contributed by atoms with Gasteiger partial charge >= 0.3 is 0 Å². The molecular weight excluding hydrogens is 344 g/mol. The van der Waals surface area contributed by atoms with Crippen molar-refractivity contribution in [2.75, 3.05) is 31.1 Å². The maximum absolute atomic E-state index is 12.7. The summed E-state index contributed by atoms with van der Waals surface area (Å²) in [7, 11) is 0. The summed E-state index contributed by atoms with van der Waals surface area (Å²) in [5.74, 6) is 0.128. The van der Waals surface area contributed by atoms with Gasteiger partial charge in [0.2, 0.25) is 5.91 Å². The van der Waals surface area contributed by atoms with E-state index in [1.54, 1.807) is 12.1 Å². The minimum absolute atomic E-state index is 0.0892. The SMILES string of the molecule is O=C(Cc1c[nH]c2ccccc12)N1CCN(c2ccc([N+](=O)[O-])cc2)CC1. The predicted octanol–water partition coefficient (Wildman–Crippen LogP) is 2.97. The number of para-hydroxylation sites is 1. The van der Waals surface area contributed by atoms with Crippen molar-refractivity contribution >= 4 is 28.2 Å². The zero-order chi connectivity index (χ0) is 18.8. The number of non-ortho nitro benzene ring substituents is 1. The Kier molecular flexibility index (Phi) is 4.50. The van der Waals surface area contributed by atoms with E-state index in [0.717, 1.165) is 35.2 Å². The number of nitro groups is 1. The Bertz CT molecular complexity index is 972. The Morgan fingerprint density at radius 3 is 2.44 bits per heavy atom. The van der Waals surface area contributed by atoms with Gasteiger partial charge in [0.05, 0.1) is 11.3 Å². The first-order chi connectivity index (χ1) is 13.1. The topological polar surface area (TPSA) is 82.5 Å². The highest BCUT2D eigenvalue weighted by atomic mass is 16.6. The van der Waals surface area contributed by atoms with E-state index in [-0.39, 0.29) is 11.6 Å². The molecule has 0 bridgehead atoms. The van der Waals surface area contributed by atoms with Crippen molar-refractivity contribution in [3.05, 3.63) is 70.4 Å². The van der Waals surface area contributed by atoms with Gasteiger partial charge in [-0.05, 0) is 23.8 Å². The highest BCUT2D eigenvalue weighted by molar-refractivity contribution is 5.89. The summed E-state index contributed by atoms with van der Waals surface area (Å²) in [6, 6.07) is 14.6. The summed E-state index contributed by atoms with van der Waals surface area (Å²) in [5, 5.41) is 11.9. The Hall–Kier alpha value is -3.35. The number of aromatic nitrogens is 1. The molecular formula is C20H20N4O3. The average molecular weight is 364 g/mol. The summed E-state index contributed by atoms with van der Waals surface area (Å²) in [6.45, 7) is 2.74. The third kappa shape index (κ3) is 3.48. The maximum atomic E-state index is 12.7. The molecule has 1 N–H and O–H groups in total. The van der Waals surface area contributed by atoms with E-state index in [2.05, 4.69) is 9.88 Å². The summed E-state index contributed by atoms with van der Waals surface area (Å²) in [6.07, 6.45) is 2.30. The van der Waals surface area contributed by atoms with Crippen LogP contribution in [-0.4, -0.2) is 46.9 Å². The van der Waals surface area contributed by atoms with Gasteiger partial charge in [0.15, 0.2) is 0 Å². The number of amides is 1. The molecule has 1 saturated heterocycles. The van der Waals surface area contributed by atoms with Crippen LogP contribution in [0.1, 0.15) is 5.56 Å². The highest BCUT2D eigenvalue weighted by Gasteiger charge is 2.22. The van der Waals surface area contributed by atoms with Crippen molar-refractivity contribution in [3.8, 4) is 0 Å². The monoisotopic (exact) mass is 364 g/mol. The molecule has 1 aliphatic rings. The normalized spacial score (nSPS) is 14.5. The molecule has 2 aromatic carbocycles. The number of nitro benzene ring substituents is 1. The van der Waals surface area contributed by atoms with Crippen LogP contribution >= 0.6 is 0 Å². The Balaban J connectivity index is 1.37. The molecule has 3 aromatic rings. The van der Waals surface area contributed by atoms with Crippen LogP contribution in [0.15, 0.2) is 54.7 Å². The molecule has 1 aliphatic heterocycles. The molecule has 2 heterocycles. The fourth-order valence-electron chi connectivity index (χ4n) is 3.55. The number of carbonyl (C=O) groups is 1. The molecule has 0 unspecified atom stereocenters. The van der Waals surface area contributed by atoms with E-state index in [1.165, 1.54) is 12.1 Å². The van der Waals surface area contributed by atoms with Crippen LogP contribution in [0.2, 0.25) is 0 Å². The molecule has 138 valence electrons. The molecule has 0 spiro atoms. The third-order valence-corrected chi connectivity index (χ3v) is 5.07. The third-order valence-electron chi connectivity index (χ3n) is 5.07. The second kappa shape index (κ2) is 7.11. The number of piperazine rings is 1. The lowest BCUT2D eigenvalue weighted by Gasteiger charge is -2.36. The number of fused-ring (bicyclic) bond motifs is 1. The van der Waals surface area contributed by atoms with Crippen LogP contribution in [0.4, 0.5) is 11.4 Å². The van der Waals surface area contributed by atoms with Crippen molar-refractivity contribution in [2.45, 2.75) is 6.42 Å². The zero-order valence-electron chi connectivity index (χ0n) is 14.8. The minimum Gasteiger partial charge on any atom is -0.368 e. The first-order valence-electron chi connectivity index (χ1n) is 8.94.